The molecule has 0 aliphatic heterocycles. The highest BCUT2D eigenvalue weighted by Crippen LogP contribution is 2.16. The van der Waals surface area contributed by atoms with E-state index in [0.717, 1.165) is 11.8 Å². The fourth-order valence-corrected chi connectivity index (χ4v) is 2.42. The molecule has 0 fully saturated rings. The standard InChI is InChI=1S/C15H27N3O5S/c1-10(2)8-12(15(22)24-7-6-17-11(3)19)23-14(21)4-5-18-13(20)9-16/h10,12H,4-9,16H2,1-3H3,(H,17,19)(H,18,20)/t12-/m0/s1. The molecule has 0 aromatic carbocycles. The van der Waals surface area contributed by atoms with Gasteiger partial charge in [-0.2, -0.15) is 0 Å². The molecule has 0 saturated carbocycles. The van der Waals surface area contributed by atoms with Crippen molar-refractivity contribution in [3.8, 4) is 0 Å². The van der Waals surface area contributed by atoms with Gasteiger partial charge in [0.2, 0.25) is 16.9 Å². The highest BCUT2D eigenvalue weighted by atomic mass is 32.2. The van der Waals surface area contributed by atoms with Crippen LogP contribution in [0.3, 0.4) is 0 Å². The van der Waals surface area contributed by atoms with E-state index >= 15 is 0 Å². The Hall–Kier alpha value is -1.61. The fourth-order valence-electron chi connectivity index (χ4n) is 1.69. The molecule has 0 unspecified atom stereocenters. The lowest BCUT2D eigenvalue weighted by Gasteiger charge is -2.18. The number of nitrogens with one attached hydrogen (secondary N) is 2. The summed E-state index contributed by atoms with van der Waals surface area (Å²) in [6, 6.07) is 0. The maximum absolute atomic E-state index is 12.2. The van der Waals surface area contributed by atoms with Crippen LogP contribution in [-0.4, -0.2) is 54.4 Å². The summed E-state index contributed by atoms with van der Waals surface area (Å²) in [6.07, 6.45) is -0.429. The van der Waals surface area contributed by atoms with Gasteiger partial charge in [0.25, 0.3) is 0 Å². The first-order chi connectivity index (χ1) is 11.3. The molecule has 0 aliphatic rings. The first-order valence-corrected chi connectivity index (χ1v) is 8.82. The third-order valence-corrected chi connectivity index (χ3v) is 3.73. The fraction of sp³-hybridized carbons (Fsp3) is 0.733. The number of ether oxygens (including phenoxy) is 1. The summed E-state index contributed by atoms with van der Waals surface area (Å²) in [4.78, 5) is 45.7. The molecule has 1 atom stereocenters. The normalized spacial score (nSPS) is 11.7. The van der Waals surface area contributed by atoms with E-state index in [4.69, 9.17) is 10.5 Å². The number of amides is 2. The Morgan fingerprint density at radius 3 is 2.33 bits per heavy atom. The number of nitrogens with two attached hydrogens (primary N) is 1. The molecule has 0 saturated heterocycles. The minimum absolute atomic E-state index is 0.0236. The van der Waals surface area contributed by atoms with E-state index in [2.05, 4.69) is 10.6 Å². The van der Waals surface area contributed by atoms with Gasteiger partial charge in [-0.05, 0) is 12.3 Å². The van der Waals surface area contributed by atoms with Crippen molar-refractivity contribution in [1.29, 1.82) is 0 Å². The van der Waals surface area contributed by atoms with Crippen molar-refractivity contribution < 1.29 is 23.9 Å². The van der Waals surface area contributed by atoms with Crippen LogP contribution in [0.1, 0.15) is 33.6 Å². The first-order valence-electron chi connectivity index (χ1n) is 7.83. The molecule has 0 heterocycles. The number of hydrogen-bond donors (Lipinski definition) is 3. The van der Waals surface area contributed by atoms with E-state index in [-0.39, 0.29) is 42.4 Å². The van der Waals surface area contributed by atoms with Crippen LogP contribution in [0.15, 0.2) is 0 Å². The first kappa shape index (κ1) is 22.4. The molecule has 0 aliphatic carbocycles. The summed E-state index contributed by atoms with van der Waals surface area (Å²) in [5.41, 5.74) is 5.14. The monoisotopic (exact) mass is 361 g/mol. The Morgan fingerprint density at radius 1 is 1.12 bits per heavy atom. The van der Waals surface area contributed by atoms with Gasteiger partial charge in [0, 0.05) is 25.8 Å². The molecular formula is C15H27N3O5S. The summed E-state index contributed by atoms with van der Waals surface area (Å²) in [5.74, 6) is -0.468. The molecule has 0 aromatic rings. The Bertz CT molecular complexity index is 443. The van der Waals surface area contributed by atoms with Crippen LogP contribution < -0.4 is 16.4 Å². The minimum Gasteiger partial charge on any atom is -0.453 e. The van der Waals surface area contributed by atoms with Gasteiger partial charge in [-0.3, -0.25) is 19.2 Å². The molecule has 9 heteroatoms. The summed E-state index contributed by atoms with van der Waals surface area (Å²) in [5, 5.41) is 4.82. The molecule has 0 rings (SSSR count). The molecule has 2 amide bonds. The van der Waals surface area contributed by atoms with Gasteiger partial charge in [-0.15, -0.1) is 0 Å². The molecule has 0 aromatic heterocycles. The number of carbonyl (C=O) groups is 4. The topological polar surface area (TPSA) is 128 Å². The summed E-state index contributed by atoms with van der Waals surface area (Å²) < 4.78 is 5.24. The van der Waals surface area contributed by atoms with E-state index in [1.165, 1.54) is 6.92 Å². The summed E-state index contributed by atoms with van der Waals surface area (Å²) in [7, 11) is 0. The maximum atomic E-state index is 12.2. The van der Waals surface area contributed by atoms with Crippen LogP contribution in [0.2, 0.25) is 0 Å². The van der Waals surface area contributed by atoms with Crippen molar-refractivity contribution in [3.63, 3.8) is 0 Å². The van der Waals surface area contributed by atoms with Crippen molar-refractivity contribution in [3.05, 3.63) is 0 Å². The van der Waals surface area contributed by atoms with Gasteiger partial charge in [0.15, 0.2) is 6.10 Å². The third kappa shape index (κ3) is 11.9. The van der Waals surface area contributed by atoms with Crippen LogP contribution in [-0.2, 0) is 23.9 Å². The average Bonchev–Trinajstić information content (AvgIpc) is 2.49. The summed E-state index contributed by atoms with van der Waals surface area (Å²) >= 11 is 1.03. The van der Waals surface area contributed by atoms with Gasteiger partial charge in [-0.1, -0.05) is 25.6 Å². The Balaban J connectivity index is 4.32. The lowest BCUT2D eigenvalue weighted by molar-refractivity contribution is -0.153. The number of esters is 1. The highest BCUT2D eigenvalue weighted by Gasteiger charge is 2.24. The maximum Gasteiger partial charge on any atom is 0.308 e. The van der Waals surface area contributed by atoms with Crippen LogP contribution >= 0.6 is 11.8 Å². The second-order valence-corrected chi connectivity index (χ2v) is 6.66. The van der Waals surface area contributed by atoms with Crippen molar-refractivity contribution >= 4 is 34.7 Å². The lowest BCUT2D eigenvalue weighted by Crippen LogP contribution is -2.33. The number of rotatable bonds is 11. The molecule has 0 spiro atoms. The Labute approximate surface area is 146 Å². The zero-order chi connectivity index (χ0) is 18.5. The number of thioether (sulfide) groups is 1. The van der Waals surface area contributed by atoms with Gasteiger partial charge >= 0.3 is 5.97 Å². The van der Waals surface area contributed by atoms with Crippen LogP contribution in [0.25, 0.3) is 0 Å². The second-order valence-electron chi connectivity index (χ2n) is 5.56. The third-order valence-electron chi connectivity index (χ3n) is 2.78. The van der Waals surface area contributed by atoms with Crippen molar-refractivity contribution in [2.24, 2.45) is 11.7 Å². The van der Waals surface area contributed by atoms with Gasteiger partial charge < -0.3 is 21.1 Å². The Kier molecular flexibility index (Phi) is 11.9. The second kappa shape index (κ2) is 12.8. The van der Waals surface area contributed by atoms with Crippen LogP contribution in [0.4, 0.5) is 0 Å². The largest absolute Gasteiger partial charge is 0.453 e. The predicted molar refractivity (Wildman–Crippen MR) is 92.2 cm³/mol. The molecule has 138 valence electrons. The van der Waals surface area contributed by atoms with E-state index in [9.17, 15) is 19.2 Å². The minimum atomic E-state index is -0.829. The van der Waals surface area contributed by atoms with E-state index in [0.29, 0.717) is 18.7 Å². The summed E-state index contributed by atoms with van der Waals surface area (Å²) in [6.45, 7) is 5.61. The number of hydrogen-bond acceptors (Lipinski definition) is 7. The smallest absolute Gasteiger partial charge is 0.308 e. The molecule has 8 nitrogen and oxygen atoms in total. The Morgan fingerprint density at radius 2 is 1.79 bits per heavy atom. The average molecular weight is 361 g/mol. The van der Waals surface area contributed by atoms with E-state index in [1.807, 2.05) is 13.8 Å². The quantitative estimate of drug-likeness (QED) is 0.343. The zero-order valence-electron chi connectivity index (χ0n) is 14.4. The highest BCUT2D eigenvalue weighted by molar-refractivity contribution is 8.13. The predicted octanol–water partition coefficient (Wildman–Crippen LogP) is -0.195. The zero-order valence-corrected chi connectivity index (χ0v) is 15.2. The molecule has 0 bridgehead atoms. The van der Waals surface area contributed by atoms with Gasteiger partial charge in [0.1, 0.15) is 0 Å². The van der Waals surface area contributed by atoms with E-state index < -0.39 is 12.1 Å². The molecular weight excluding hydrogens is 334 g/mol. The van der Waals surface area contributed by atoms with Crippen molar-refractivity contribution in [1.82, 2.24) is 10.6 Å². The lowest BCUT2D eigenvalue weighted by atomic mass is 10.1. The van der Waals surface area contributed by atoms with Crippen molar-refractivity contribution in [2.75, 3.05) is 25.4 Å². The van der Waals surface area contributed by atoms with Crippen LogP contribution in [0.5, 0.6) is 0 Å². The molecule has 24 heavy (non-hydrogen) atoms. The number of carbonyl (C=O) groups excluding carboxylic acids is 4. The van der Waals surface area contributed by atoms with Crippen molar-refractivity contribution in [2.45, 2.75) is 39.7 Å². The van der Waals surface area contributed by atoms with E-state index in [1.54, 1.807) is 0 Å². The molecule has 4 N–H and O–H groups in total. The molecule has 0 radical (unpaired) electrons. The van der Waals surface area contributed by atoms with Crippen LogP contribution in [0, 0.1) is 5.92 Å². The van der Waals surface area contributed by atoms with Gasteiger partial charge in [-0.25, -0.2) is 0 Å². The van der Waals surface area contributed by atoms with Gasteiger partial charge in [0.05, 0.1) is 13.0 Å². The SMILES string of the molecule is CC(=O)NCCSC(=O)[C@H](CC(C)C)OC(=O)CCNC(=O)CN.